The Hall–Kier alpha value is -3.02. The number of benzene rings is 1. The van der Waals surface area contributed by atoms with Crippen LogP contribution < -0.4 is 10.6 Å². The number of rotatable bonds is 4. The Bertz CT molecular complexity index is 1210. The van der Waals surface area contributed by atoms with Gasteiger partial charge in [-0.3, -0.25) is 9.59 Å². The first-order valence-electron chi connectivity index (χ1n) is 10.4. The van der Waals surface area contributed by atoms with Crippen LogP contribution in [0.15, 0.2) is 23.1 Å². The fourth-order valence-electron chi connectivity index (χ4n) is 3.88. The Morgan fingerprint density at radius 2 is 2.00 bits per heavy atom. The van der Waals surface area contributed by atoms with Gasteiger partial charge in [-0.15, -0.1) is 0 Å². The van der Waals surface area contributed by atoms with Crippen LogP contribution in [0, 0.1) is 6.92 Å². The van der Waals surface area contributed by atoms with E-state index in [1.54, 1.807) is 33.2 Å². The Balaban J connectivity index is 1.79. The van der Waals surface area contributed by atoms with Gasteiger partial charge in [-0.25, -0.2) is 13.4 Å². The van der Waals surface area contributed by atoms with Crippen molar-refractivity contribution in [2.45, 2.75) is 18.2 Å². The van der Waals surface area contributed by atoms with Gasteiger partial charge in [0.2, 0.25) is 10.0 Å². The van der Waals surface area contributed by atoms with E-state index in [4.69, 9.17) is 0 Å². The molecule has 3 heterocycles. The van der Waals surface area contributed by atoms with Gasteiger partial charge in [-0.2, -0.15) is 4.31 Å². The summed E-state index contributed by atoms with van der Waals surface area (Å²) < 4.78 is 28.4. The summed E-state index contributed by atoms with van der Waals surface area (Å²) in [4.78, 5) is 33.9. The third kappa shape index (κ3) is 3.94. The SMILES string of the molecule is Cc1[nH]c(/C=C2\C(=O)Nc3cccc(S(=O)(=O)N4CCCNCC4)c32)nc1C(=O)N(C)C. The van der Waals surface area contributed by atoms with Crippen LogP contribution in [-0.4, -0.2) is 79.7 Å². The normalized spacial score (nSPS) is 18.3. The smallest absolute Gasteiger partial charge is 0.273 e. The van der Waals surface area contributed by atoms with Crippen LogP contribution >= 0.6 is 0 Å². The maximum absolute atomic E-state index is 13.5. The summed E-state index contributed by atoms with van der Waals surface area (Å²) in [6, 6.07) is 4.82. The first-order valence-corrected chi connectivity index (χ1v) is 11.8. The summed E-state index contributed by atoms with van der Waals surface area (Å²) in [7, 11) is -0.559. The minimum absolute atomic E-state index is 0.0781. The number of carbonyl (C=O) groups excluding carboxylic acids is 2. The van der Waals surface area contributed by atoms with Gasteiger partial charge in [0.05, 0.1) is 16.2 Å². The Morgan fingerprint density at radius 3 is 2.75 bits per heavy atom. The number of aromatic nitrogens is 2. The van der Waals surface area contributed by atoms with E-state index in [2.05, 4.69) is 20.6 Å². The monoisotopic (exact) mass is 458 g/mol. The molecule has 2 aliphatic heterocycles. The predicted octanol–water partition coefficient (Wildman–Crippen LogP) is 0.897. The summed E-state index contributed by atoms with van der Waals surface area (Å²) in [5.74, 6) is -0.385. The number of aromatic amines is 1. The van der Waals surface area contributed by atoms with Crippen LogP contribution in [0.4, 0.5) is 5.69 Å². The molecule has 2 aliphatic rings. The molecule has 0 bridgehead atoms. The zero-order chi connectivity index (χ0) is 23.0. The highest BCUT2D eigenvalue weighted by atomic mass is 32.2. The fourth-order valence-corrected chi connectivity index (χ4v) is 5.59. The van der Waals surface area contributed by atoms with Crippen molar-refractivity contribution in [3.05, 3.63) is 41.0 Å². The number of hydrogen-bond donors (Lipinski definition) is 3. The number of sulfonamides is 1. The predicted molar refractivity (Wildman–Crippen MR) is 121 cm³/mol. The summed E-state index contributed by atoms with van der Waals surface area (Å²) in [5.41, 5.74) is 1.75. The van der Waals surface area contributed by atoms with Crippen LogP contribution in [0.1, 0.15) is 34.0 Å². The number of carbonyl (C=O) groups is 2. The number of aryl methyl sites for hydroxylation is 1. The van der Waals surface area contributed by atoms with Gasteiger partial charge >= 0.3 is 0 Å². The van der Waals surface area contributed by atoms with Crippen LogP contribution in [0.2, 0.25) is 0 Å². The van der Waals surface area contributed by atoms with Gasteiger partial charge in [0.1, 0.15) is 11.5 Å². The summed E-state index contributed by atoms with van der Waals surface area (Å²) in [6.07, 6.45) is 2.20. The van der Waals surface area contributed by atoms with Crippen molar-refractivity contribution in [3.63, 3.8) is 0 Å². The molecule has 0 radical (unpaired) electrons. The van der Waals surface area contributed by atoms with E-state index in [1.807, 2.05) is 0 Å². The van der Waals surface area contributed by atoms with Gasteiger partial charge in [0.25, 0.3) is 11.8 Å². The van der Waals surface area contributed by atoms with E-state index in [0.717, 1.165) is 6.54 Å². The molecule has 3 N–H and O–H groups in total. The van der Waals surface area contributed by atoms with E-state index in [0.29, 0.717) is 48.8 Å². The lowest BCUT2D eigenvalue weighted by Crippen LogP contribution is -2.34. The van der Waals surface area contributed by atoms with E-state index < -0.39 is 15.9 Å². The lowest BCUT2D eigenvalue weighted by molar-refractivity contribution is -0.110. The highest BCUT2D eigenvalue weighted by molar-refractivity contribution is 7.89. The third-order valence-electron chi connectivity index (χ3n) is 5.50. The van der Waals surface area contributed by atoms with Gasteiger partial charge in [0, 0.05) is 45.0 Å². The zero-order valence-corrected chi connectivity index (χ0v) is 19.0. The average Bonchev–Trinajstić information content (AvgIpc) is 3.12. The van der Waals surface area contributed by atoms with E-state index >= 15 is 0 Å². The van der Waals surface area contributed by atoms with E-state index in [-0.39, 0.29) is 22.1 Å². The van der Waals surface area contributed by atoms with Crippen LogP contribution in [-0.2, 0) is 14.8 Å². The molecule has 170 valence electrons. The quantitative estimate of drug-likeness (QED) is 0.584. The Kier molecular flexibility index (Phi) is 5.89. The van der Waals surface area contributed by atoms with Gasteiger partial charge in [-0.05, 0) is 38.1 Å². The number of H-pyrrole nitrogens is 1. The molecule has 0 atom stereocenters. The highest BCUT2D eigenvalue weighted by Crippen LogP contribution is 2.38. The van der Waals surface area contributed by atoms with Crippen molar-refractivity contribution in [1.29, 1.82) is 0 Å². The minimum Gasteiger partial charge on any atom is -0.343 e. The molecule has 1 fully saturated rings. The molecular weight excluding hydrogens is 432 g/mol. The first kappa shape index (κ1) is 22.2. The standard InChI is InChI=1S/C21H26N6O4S/c1-13-19(21(29)26(2)3)25-17(23-13)12-14-18-15(24-20(14)28)6-4-7-16(18)32(30,31)27-10-5-8-22-9-11-27/h4,6-7,12,22H,5,8-11H2,1-3H3,(H,23,25)(H,24,28)/b14-12-. The molecule has 11 heteroatoms. The lowest BCUT2D eigenvalue weighted by atomic mass is 10.1. The topological polar surface area (TPSA) is 127 Å². The second kappa shape index (κ2) is 8.49. The number of fused-ring (bicyclic) bond motifs is 1. The van der Waals surface area contributed by atoms with Crippen LogP contribution in [0.25, 0.3) is 11.6 Å². The summed E-state index contributed by atoms with van der Waals surface area (Å²) in [6.45, 7) is 3.82. The fraction of sp³-hybridized carbons (Fsp3) is 0.381. The number of nitrogens with one attached hydrogen (secondary N) is 3. The second-order valence-electron chi connectivity index (χ2n) is 7.99. The molecule has 10 nitrogen and oxygen atoms in total. The molecule has 2 amide bonds. The maximum atomic E-state index is 13.5. The lowest BCUT2D eigenvalue weighted by Gasteiger charge is -2.21. The van der Waals surface area contributed by atoms with E-state index in [9.17, 15) is 18.0 Å². The molecule has 0 aliphatic carbocycles. The molecule has 1 aromatic carbocycles. The first-order chi connectivity index (χ1) is 15.2. The summed E-state index contributed by atoms with van der Waals surface area (Å²) >= 11 is 0. The number of amides is 2. The molecule has 1 aromatic heterocycles. The second-order valence-corrected chi connectivity index (χ2v) is 9.90. The van der Waals surface area contributed by atoms with Crippen molar-refractivity contribution < 1.29 is 18.0 Å². The number of nitrogens with zero attached hydrogens (tertiary/aromatic N) is 3. The van der Waals surface area contributed by atoms with Gasteiger partial charge < -0.3 is 20.5 Å². The van der Waals surface area contributed by atoms with Crippen molar-refractivity contribution in [2.24, 2.45) is 0 Å². The highest BCUT2D eigenvalue weighted by Gasteiger charge is 2.35. The Morgan fingerprint density at radius 1 is 1.22 bits per heavy atom. The third-order valence-corrected chi connectivity index (χ3v) is 7.44. The number of hydrogen-bond acceptors (Lipinski definition) is 6. The number of imidazole rings is 1. The van der Waals surface area contributed by atoms with Gasteiger partial charge in [-0.1, -0.05) is 6.07 Å². The molecular formula is C21H26N6O4S. The largest absolute Gasteiger partial charge is 0.343 e. The average molecular weight is 459 g/mol. The van der Waals surface area contributed by atoms with Crippen LogP contribution in [0.3, 0.4) is 0 Å². The Labute approximate surface area is 186 Å². The summed E-state index contributed by atoms with van der Waals surface area (Å²) in [5, 5.41) is 5.94. The molecule has 2 aromatic rings. The van der Waals surface area contributed by atoms with E-state index in [1.165, 1.54) is 21.3 Å². The van der Waals surface area contributed by atoms with Crippen molar-refractivity contribution >= 4 is 39.2 Å². The van der Waals surface area contributed by atoms with Crippen LogP contribution in [0.5, 0.6) is 0 Å². The van der Waals surface area contributed by atoms with Crippen molar-refractivity contribution in [2.75, 3.05) is 45.6 Å². The van der Waals surface area contributed by atoms with Crippen molar-refractivity contribution in [1.82, 2.24) is 24.5 Å². The molecule has 32 heavy (non-hydrogen) atoms. The molecule has 0 unspecified atom stereocenters. The molecule has 0 saturated carbocycles. The molecule has 0 spiro atoms. The van der Waals surface area contributed by atoms with Gasteiger partial charge in [0.15, 0.2) is 0 Å². The molecule has 1 saturated heterocycles. The molecule has 4 rings (SSSR count). The zero-order valence-electron chi connectivity index (χ0n) is 18.2. The number of anilines is 1. The maximum Gasteiger partial charge on any atom is 0.273 e. The van der Waals surface area contributed by atoms with Crippen molar-refractivity contribution in [3.8, 4) is 0 Å². The minimum atomic E-state index is -3.82.